The summed E-state index contributed by atoms with van der Waals surface area (Å²) >= 11 is 7.09. The summed E-state index contributed by atoms with van der Waals surface area (Å²) in [6.45, 7) is 3.63. The highest BCUT2D eigenvalue weighted by Crippen LogP contribution is 2.34. The molecule has 0 aliphatic heterocycles. The number of esters is 5. The van der Waals surface area contributed by atoms with Gasteiger partial charge in [0.1, 0.15) is 17.2 Å². The molecule has 0 N–H and O–H groups in total. The number of ether oxygens (including phenoxy) is 5. The lowest BCUT2D eigenvalue weighted by Gasteiger charge is -2.26. The maximum atomic E-state index is 13.1. The van der Waals surface area contributed by atoms with Gasteiger partial charge in [0.05, 0.1) is 46.1 Å². The summed E-state index contributed by atoms with van der Waals surface area (Å²) in [6, 6.07) is 14.8. The van der Waals surface area contributed by atoms with Crippen LogP contribution in [0.2, 0.25) is 4.34 Å². The lowest BCUT2D eigenvalue weighted by atomic mass is 9.82. The van der Waals surface area contributed by atoms with Gasteiger partial charge in [-0.25, -0.2) is 0 Å². The van der Waals surface area contributed by atoms with E-state index in [4.69, 9.17) is 35.3 Å². The monoisotopic (exact) mass is 778 g/mol. The number of rotatable bonds is 14. The highest BCUT2D eigenvalue weighted by atomic mass is 35.5. The summed E-state index contributed by atoms with van der Waals surface area (Å²) < 4.78 is 27.7. The lowest BCUT2D eigenvalue weighted by Crippen LogP contribution is -2.30. The van der Waals surface area contributed by atoms with E-state index in [1.54, 1.807) is 31.2 Å². The predicted molar refractivity (Wildman–Crippen MR) is 200 cm³/mol. The Kier molecular flexibility index (Phi) is 14.6. The average Bonchev–Trinajstić information content (AvgIpc) is 3.61. The van der Waals surface area contributed by atoms with Crippen molar-refractivity contribution in [3.05, 3.63) is 81.0 Å². The number of benzene rings is 2. The van der Waals surface area contributed by atoms with Crippen LogP contribution in [-0.2, 0) is 39.9 Å². The van der Waals surface area contributed by atoms with Gasteiger partial charge in [-0.1, -0.05) is 23.7 Å². The molecule has 0 bridgehead atoms. The molecule has 13 heteroatoms. The molecule has 11 nitrogen and oxygen atoms in total. The number of carbonyl (C=O) groups excluding carboxylic acids is 6. The molecule has 0 saturated heterocycles. The maximum absolute atomic E-state index is 13.1. The van der Waals surface area contributed by atoms with Crippen LogP contribution in [0.3, 0.4) is 0 Å². The van der Waals surface area contributed by atoms with Crippen molar-refractivity contribution in [2.24, 2.45) is 23.7 Å². The molecular weight excluding hydrogens is 736 g/mol. The average molecular weight is 779 g/mol. The Morgan fingerprint density at radius 1 is 0.685 bits per heavy atom. The van der Waals surface area contributed by atoms with Crippen molar-refractivity contribution in [1.82, 2.24) is 0 Å². The van der Waals surface area contributed by atoms with Crippen LogP contribution in [0.25, 0.3) is 6.08 Å². The van der Waals surface area contributed by atoms with Crippen molar-refractivity contribution in [1.29, 1.82) is 0 Å². The summed E-state index contributed by atoms with van der Waals surface area (Å²) in [7, 11) is 0. The molecule has 2 fully saturated rings. The minimum Gasteiger partial charge on any atom is -0.466 e. The van der Waals surface area contributed by atoms with Crippen molar-refractivity contribution in [2.45, 2.75) is 71.6 Å². The van der Waals surface area contributed by atoms with E-state index in [2.05, 4.69) is 0 Å². The van der Waals surface area contributed by atoms with Crippen molar-refractivity contribution in [2.75, 3.05) is 13.2 Å². The Morgan fingerprint density at radius 3 is 1.76 bits per heavy atom. The number of hydrogen-bond acceptors (Lipinski definition) is 12. The fraction of sp³-hybridized carbons (Fsp3) is 0.415. The number of hydrogen-bond donors (Lipinski definition) is 0. The molecule has 286 valence electrons. The van der Waals surface area contributed by atoms with Gasteiger partial charge in [-0.3, -0.25) is 28.8 Å². The molecule has 0 unspecified atom stereocenters. The van der Waals surface area contributed by atoms with E-state index < -0.39 is 17.9 Å². The number of carbonyl (C=O) groups is 6. The van der Waals surface area contributed by atoms with Crippen molar-refractivity contribution < 1.29 is 52.5 Å². The van der Waals surface area contributed by atoms with E-state index >= 15 is 0 Å². The third-order valence-electron chi connectivity index (χ3n) is 9.53. The molecule has 3 aromatic rings. The SMILES string of the molecule is CCOC(=O)C1CCC(C(=O)OCCc2ccc(OC(=O)C3CCC(C(=O)Oc4ccc(OC(C)=O)c(/C=C/C(=O)c5ccc(Cl)s5)c4)CC3)cc2)CC1. The first-order chi connectivity index (χ1) is 26.0. The zero-order chi connectivity index (χ0) is 38.6. The second-order valence-corrected chi connectivity index (χ2v) is 15.1. The Hall–Kier alpha value is -4.81. The van der Waals surface area contributed by atoms with Gasteiger partial charge in [-0.15, -0.1) is 11.3 Å². The second-order valence-electron chi connectivity index (χ2n) is 13.3. The van der Waals surface area contributed by atoms with Crippen LogP contribution >= 0.6 is 22.9 Å². The highest BCUT2D eigenvalue weighted by molar-refractivity contribution is 7.18. The first kappa shape index (κ1) is 40.4. The Bertz CT molecular complexity index is 1850. The molecule has 0 amide bonds. The molecule has 0 atom stereocenters. The van der Waals surface area contributed by atoms with Crippen LogP contribution in [0, 0.1) is 23.7 Å². The zero-order valence-electron chi connectivity index (χ0n) is 30.2. The van der Waals surface area contributed by atoms with Crippen LogP contribution < -0.4 is 14.2 Å². The molecule has 0 radical (unpaired) electrons. The summed E-state index contributed by atoms with van der Waals surface area (Å²) in [5.74, 6) is -2.36. The molecule has 54 heavy (non-hydrogen) atoms. The normalized spacial score (nSPS) is 19.8. The van der Waals surface area contributed by atoms with Gasteiger partial charge < -0.3 is 23.7 Å². The lowest BCUT2D eigenvalue weighted by molar-refractivity contribution is -0.154. The molecule has 5 rings (SSSR count). The van der Waals surface area contributed by atoms with Gasteiger partial charge in [-0.05, 0) is 118 Å². The van der Waals surface area contributed by atoms with Gasteiger partial charge in [0.15, 0.2) is 5.78 Å². The molecule has 1 heterocycles. The zero-order valence-corrected chi connectivity index (χ0v) is 31.8. The van der Waals surface area contributed by atoms with Crippen molar-refractivity contribution >= 4 is 64.6 Å². The first-order valence-electron chi connectivity index (χ1n) is 18.1. The number of halogens is 1. The number of thiophene rings is 1. The third-order valence-corrected chi connectivity index (χ3v) is 10.8. The predicted octanol–water partition coefficient (Wildman–Crippen LogP) is 8.00. The fourth-order valence-corrected chi connectivity index (χ4v) is 7.53. The Morgan fingerprint density at radius 2 is 1.22 bits per heavy atom. The maximum Gasteiger partial charge on any atom is 0.314 e. The van der Waals surface area contributed by atoms with Crippen LogP contribution in [-0.4, -0.2) is 48.8 Å². The summed E-state index contributed by atoms with van der Waals surface area (Å²) in [6.07, 6.45) is 7.61. The standard InChI is InChI=1S/C41H43ClO11S/c1-3-49-38(45)27-6-8-28(9-7-27)39(46)50-23-22-26-4-15-32(16-5-26)52-40(47)29-10-12-30(13-11-29)41(48)53-33-17-19-35(51-25(2)43)31(24-33)14-18-34(44)36-20-21-37(42)54-36/h4-5,14-21,24,27-30H,3,6-13,22-23H2,1-2H3/b18-14+. The van der Waals surface area contributed by atoms with E-state index in [0.717, 1.165) is 16.9 Å². The Labute approximate surface area is 322 Å². The first-order valence-corrected chi connectivity index (χ1v) is 19.3. The largest absolute Gasteiger partial charge is 0.466 e. The van der Waals surface area contributed by atoms with E-state index in [0.29, 0.717) is 84.9 Å². The fourth-order valence-electron chi connectivity index (χ4n) is 6.56. The number of ketones is 1. The van der Waals surface area contributed by atoms with Crippen LogP contribution in [0.15, 0.2) is 60.7 Å². The smallest absolute Gasteiger partial charge is 0.314 e. The number of allylic oxidation sites excluding steroid dienone is 1. The highest BCUT2D eigenvalue weighted by Gasteiger charge is 2.33. The van der Waals surface area contributed by atoms with E-state index in [1.807, 2.05) is 12.1 Å². The van der Waals surface area contributed by atoms with Crippen LogP contribution in [0.1, 0.15) is 86.0 Å². The summed E-state index contributed by atoms with van der Waals surface area (Å²) in [5, 5.41) is 0. The summed E-state index contributed by atoms with van der Waals surface area (Å²) in [4.78, 5) is 75.2. The van der Waals surface area contributed by atoms with Gasteiger partial charge >= 0.3 is 29.8 Å². The molecule has 2 aromatic carbocycles. The van der Waals surface area contributed by atoms with Gasteiger partial charge in [0.2, 0.25) is 0 Å². The van der Waals surface area contributed by atoms with Gasteiger partial charge in [-0.2, -0.15) is 0 Å². The summed E-state index contributed by atoms with van der Waals surface area (Å²) in [5.41, 5.74) is 1.30. The molecular formula is C41H43ClO11S. The second kappa shape index (κ2) is 19.5. The minimum atomic E-state index is -0.544. The van der Waals surface area contributed by atoms with Gasteiger partial charge in [0, 0.05) is 18.9 Å². The van der Waals surface area contributed by atoms with Crippen LogP contribution in [0.5, 0.6) is 17.2 Å². The molecule has 2 saturated carbocycles. The quantitative estimate of drug-likeness (QED) is 0.0678. The van der Waals surface area contributed by atoms with E-state index in [-0.39, 0.29) is 59.6 Å². The minimum absolute atomic E-state index is 0.144. The molecule has 2 aliphatic rings. The molecule has 1 aromatic heterocycles. The third kappa shape index (κ3) is 11.6. The van der Waals surface area contributed by atoms with Crippen molar-refractivity contribution in [3.8, 4) is 17.2 Å². The van der Waals surface area contributed by atoms with Gasteiger partial charge in [0.25, 0.3) is 0 Å². The van der Waals surface area contributed by atoms with Crippen LogP contribution in [0.4, 0.5) is 0 Å². The van der Waals surface area contributed by atoms with E-state index in [1.165, 1.54) is 37.3 Å². The topological polar surface area (TPSA) is 149 Å². The Balaban J connectivity index is 1.04. The van der Waals surface area contributed by atoms with E-state index in [9.17, 15) is 28.8 Å². The molecule has 0 spiro atoms. The van der Waals surface area contributed by atoms with Crippen molar-refractivity contribution in [3.63, 3.8) is 0 Å². The molecule has 2 aliphatic carbocycles.